The Bertz CT molecular complexity index is 1050. The number of ether oxygens (including phenoxy) is 1. The van der Waals surface area contributed by atoms with Crippen molar-refractivity contribution in [1.29, 1.82) is 0 Å². The third-order valence-corrected chi connectivity index (χ3v) is 3.90. The summed E-state index contributed by atoms with van der Waals surface area (Å²) >= 11 is 0. The summed E-state index contributed by atoms with van der Waals surface area (Å²) in [7, 11) is 0. The molecular formula is C17H18N4O3. The van der Waals surface area contributed by atoms with Crippen LogP contribution in [0.15, 0.2) is 11.0 Å². The smallest absolute Gasteiger partial charge is 0.340 e. The summed E-state index contributed by atoms with van der Waals surface area (Å²) in [6.07, 6.45) is 3.40. The minimum atomic E-state index is -0.374. The predicted molar refractivity (Wildman–Crippen MR) is 90.4 cm³/mol. The zero-order valence-corrected chi connectivity index (χ0v) is 13.7. The van der Waals surface area contributed by atoms with Crippen molar-refractivity contribution in [2.45, 2.75) is 20.8 Å². The standard InChI is InChI=1S/C17H18N4O3/c1-5-24-17(23)14-8(2)13(19-9(14)3)6-11-12-7-18-10(4)20-15(12)21-16(11)22/h6-7,18-19H,4-5H2,1-3H3,(H,20,21,22). The summed E-state index contributed by atoms with van der Waals surface area (Å²) in [6.45, 7) is 9.39. The SMILES string of the molecule is C=c1nc2[nH]c(=O)c(=Cc3[nH]c(C)c(C(=O)OCC)c3C)c-2c[nH]1. The first-order valence-electron chi connectivity index (χ1n) is 7.56. The summed E-state index contributed by atoms with van der Waals surface area (Å²) < 4.78 is 5.08. The van der Waals surface area contributed by atoms with E-state index in [0.717, 1.165) is 5.56 Å². The molecule has 24 heavy (non-hydrogen) atoms. The number of aromatic amines is 3. The molecule has 0 fully saturated rings. The zero-order valence-electron chi connectivity index (χ0n) is 13.7. The molecule has 0 aromatic carbocycles. The number of carbonyl (C=O) groups is 1. The fourth-order valence-corrected chi connectivity index (χ4v) is 2.76. The Labute approximate surface area is 137 Å². The molecule has 0 unspecified atom stereocenters. The van der Waals surface area contributed by atoms with E-state index in [1.807, 2.05) is 6.92 Å². The second-order valence-electron chi connectivity index (χ2n) is 5.51. The van der Waals surface area contributed by atoms with Gasteiger partial charge in [-0.25, -0.2) is 9.78 Å². The van der Waals surface area contributed by atoms with Crippen LogP contribution in [0, 0.1) is 13.8 Å². The number of hydrogen-bond donors (Lipinski definition) is 3. The molecule has 0 saturated heterocycles. The molecule has 0 atom stereocenters. The Balaban J connectivity index is 2.19. The first-order chi connectivity index (χ1) is 11.4. The number of aryl methyl sites for hydroxylation is 1. The summed E-state index contributed by atoms with van der Waals surface area (Å²) in [5.74, 6) is 0.0999. The molecular weight excluding hydrogens is 308 g/mol. The molecule has 0 aliphatic carbocycles. The largest absolute Gasteiger partial charge is 0.462 e. The quantitative estimate of drug-likeness (QED) is 0.612. The van der Waals surface area contributed by atoms with E-state index in [-0.39, 0.29) is 11.5 Å². The maximum absolute atomic E-state index is 12.2. The number of esters is 1. The highest BCUT2D eigenvalue weighted by Crippen LogP contribution is 2.20. The van der Waals surface area contributed by atoms with Gasteiger partial charge in [0, 0.05) is 23.1 Å². The average molecular weight is 326 g/mol. The Morgan fingerprint density at radius 3 is 2.83 bits per heavy atom. The third kappa shape index (κ3) is 2.54. The number of nitrogens with zero attached hydrogens (tertiary/aromatic N) is 1. The van der Waals surface area contributed by atoms with E-state index in [2.05, 4.69) is 26.5 Å². The van der Waals surface area contributed by atoms with Gasteiger partial charge in [0.15, 0.2) is 0 Å². The molecule has 2 aliphatic rings. The van der Waals surface area contributed by atoms with Gasteiger partial charge in [-0.05, 0) is 32.4 Å². The van der Waals surface area contributed by atoms with Crippen LogP contribution in [0.1, 0.15) is 34.2 Å². The van der Waals surface area contributed by atoms with Gasteiger partial charge in [-0.3, -0.25) is 4.79 Å². The van der Waals surface area contributed by atoms with Crippen molar-refractivity contribution in [3.05, 3.63) is 49.8 Å². The second kappa shape index (κ2) is 5.84. The van der Waals surface area contributed by atoms with E-state index in [4.69, 9.17) is 4.74 Å². The molecule has 0 amide bonds. The number of rotatable bonds is 3. The van der Waals surface area contributed by atoms with Gasteiger partial charge >= 0.3 is 5.97 Å². The molecule has 1 aromatic heterocycles. The van der Waals surface area contributed by atoms with Crippen molar-refractivity contribution in [3.63, 3.8) is 0 Å². The van der Waals surface area contributed by atoms with Crippen LogP contribution in [0.5, 0.6) is 0 Å². The lowest BCUT2D eigenvalue weighted by molar-refractivity contribution is 0.0525. The van der Waals surface area contributed by atoms with Crippen LogP contribution in [0.4, 0.5) is 0 Å². The minimum Gasteiger partial charge on any atom is -0.462 e. The van der Waals surface area contributed by atoms with Crippen molar-refractivity contribution >= 4 is 18.6 Å². The van der Waals surface area contributed by atoms with Gasteiger partial charge < -0.3 is 19.7 Å². The number of H-pyrrole nitrogens is 3. The molecule has 124 valence electrons. The fourth-order valence-electron chi connectivity index (χ4n) is 2.76. The van der Waals surface area contributed by atoms with Crippen LogP contribution in [0.25, 0.3) is 24.0 Å². The predicted octanol–water partition coefficient (Wildman–Crippen LogP) is 0.564. The van der Waals surface area contributed by atoms with E-state index in [9.17, 15) is 9.59 Å². The van der Waals surface area contributed by atoms with Crippen LogP contribution in [0.2, 0.25) is 0 Å². The normalized spacial score (nSPS) is 12.0. The molecule has 7 heteroatoms. The van der Waals surface area contributed by atoms with Crippen molar-refractivity contribution in [3.8, 4) is 11.4 Å². The highest BCUT2D eigenvalue weighted by molar-refractivity contribution is 5.93. The van der Waals surface area contributed by atoms with Gasteiger partial charge in [-0.2, -0.15) is 0 Å². The van der Waals surface area contributed by atoms with Crippen molar-refractivity contribution in [2.75, 3.05) is 6.61 Å². The van der Waals surface area contributed by atoms with E-state index in [1.165, 1.54) is 0 Å². The number of hydrogen-bond acceptors (Lipinski definition) is 4. The van der Waals surface area contributed by atoms with Gasteiger partial charge in [0.1, 0.15) is 11.3 Å². The van der Waals surface area contributed by atoms with Crippen molar-refractivity contribution < 1.29 is 9.53 Å². The van der Waals surface area contributed by atoms with E-state index in [0.29, 0.717) is 45.6 Å². The molecule has 0 spiro atoms. The van der Waals surface area contributed by atoms with Crippen LogP contribution in [0.3, 0.4) is 0 Å². The van der Waals surface area contributed by atoms with Gasteiger partial charge in [0.25, 0.3) is 5.56 Å². The molecule has 0 radical (unpaired) electrons. The van der Waals surface area contributed by atoms with Gasteiger partial charge in [0.2, 0.25) is 0 Å². The second-order valence-corrected chi connectivity index (χ2v) is 5.51. The molecule has 3 rings (SSSR count). The highest BCUT2D eigenvalue weighted by atomic mass is 16.5. The number of fused-ring (bicyclic) bond motifs is 1. The van der Waals surface area contributed by atoms with E-state index in [1.54, 1.807) is 26.1 Å². The summed E-state index contributed by atoms with van der Waals surface area (Å²) in [4.78, 5) is 37.2. The minimum absolute atomic E-state index is 0.249. The van der Waals surface area contributed by atoms with Crippen LogP contribution < -0.4 is 16.3 Å². The molecule has 1 aromatic rings. The Morgan fingerprint density at radius 1 is 1.38 bits per heavy atom. The summed E-state index contributed by atoms with van der Waals surface area (Å²) in [6, 6.07) is 0. The average Bonchev–Trinajstić information content (AvgIpc) is 2.96. The Hall–Kier alpha value is -3.09. The lowest BCUT2D eigenvalue weighted by Crippen LogP contribution is -2.21. The number of nitrogens with one attached hydrogen (secondary N) is 3. The first kappa shape index (κ1) is 15.8. The molecule has 0 bridgehead atoms. The zero-order chi connectivity index (χ0) is 17.4. The Morgan fingerprint density at radius 2 is 2.12 bits per heavy atom. The lowest BCUT2D eigenvalue weighted by atomic mass is 10.1. The monoisotopic (exact) mass is 326 g/mol. The molecule has 3 heterocycles. The maximum atomic E-state index is 12.2. The number of aromatic nitrogens is 4. The summed E-state index contributed by atoms with van der Waals surface area (Å²) in [5.41, 5.74) is 3.51. The fraction of sp³-hybridized carbons (Fsp3) is 0.235. The van der Waals surface area contributed by atoms with Crippen LogP contribution in [-0.4, -0.2) is 32.5 Å². The van der Waals surface area contributed by atoms with Crippen molar-refractivity contribution in [1.82, 2.24) is 19.9 Å². The van der Waals surface area contributed by atoms with Crippen LogP contribution >= 0.6 is 0 Å². The lowest BCUT2D eigenvalue weighted by Gasteiger charge is -2.01. The number of carbonyl (C=O) groups excluding carboxylic acids is 1. The summed E-state index contributed by atoms with van der Waals surface area (Å²) in [5, 5.41) is 0.466. The van der Waals surface area contributed by atoms with Crippen molar-refractivity contribution in [2.24, 2.45) is 0 Å². The Kier molecular flexibility index (Phi) is 3.84. The molecule has 0 saturated carbocycles. The van der Waals surface area contributed by atoms with Gasteiger partial charge in [-0.1, -0.05) is 6.58 Å². The molecule has 7 nitrogen and oxygen atoms in total. The van der Waals surface area contributed by atoms with E-state index < -0.39 is 0 Å². The van der Waals surface area contributed by atoms with Gasteiger partial charge in [-0.15, -0.1) is 0 Å². The van der Waals surface area contributed by atoms with Crippen LogP contribution in [-0.2, 0) is 4.74 Å². The molecule has 3 N–H and O–H groups in total. The topological polar surface area (TPSA) is 104 Å². The third-order valence-electron chi connectivity index (χ3n) is 3.90. The maximum Gasteiger partial charge on any atom is 0.340 e. The van der Waals surface area contributed by atoms with E-state index >= 15 is 0 Å². The van der Waals surface area contributed by atoms with Gasteiger partial charge in [0.05, 0.1) is 17.4 Å². The molecule has 2 aliphatic heterocycles. The highest BCUT2D eigenvalue weighted by Gasteiger charge is 2.19. The first-order valence-corrected chi connectivity index (χ1v) is 7.56.